The summed E-state index contributed by atoms with van der Waals surface area (Å²) < 4.78 is 5.47. The van der Waals surface area contributed by atoms with Crippen LogP contribution in [-0.4, -0.2) is 98.8 Å². The van der Waals surface area contributed by atoms with E-state index < -0.39 is 0 Å². The lowest BCUT2D eigenvalue weighted by Gasteiger charge is -2.34. The van der Waals surface area contributed by atoms with Crippen LogP contribution >= 0.6 is 24.0 Å². The number of benzene rings is 1. The first kappa shape index (κ1) is 27.3. The molecule has 1 aromatic carbocycles. The number of aliphatic imine (C=N–C) groups is 1. The lowest BCUT2D eigenvalue weighted by atomic mass is 10.1. The molecule has 2 saturated heterocycles. The fraction of sp³-hybridized carbons (Fsp3) is 0.708. The first-order valence-corrected chi connectivity index (χ1v) is 12.0. The Morgan fingerprint density at radius 2 is 1.62 bits per heavy atom. The lowest BCUT2D eigenvalue weighted by molar-refractivity contribution is 0.0211. The number of hydrogen-bond donors (Lipinski definition) is 2. The van der Waals surface area contributed by atoms with Crippen molar-refractivity contribution in [2.45, 2.75) is 39.9 Å². The number of ether oxygens (including phenoxy) is 1. The molecule has 1 unspecified atom stereocenters. The normalized spacial score (nSPS) is 19.9. The van der Waals surface area contributed by atoms with Crippen LogP contribution in [-0.2, 0) is 17.8 Å². The van der Waals surface area contributed by atoms with Crippen molar-refractivity contribution in [2.24, 2.45) is 4.99 Å². The topological polar surface area (TPSA) is 55.4 Å². The van der Waals surface area contributed by atoms with Gasteiger partial charge in [-0.2, -0.15) is 0 Å². The Morgan fingerprint density at radius 1 is 0.969 bits per heavy atom. The molecule has 0 radical (unpaired) electrons. The molecule has 7 nitrogen and oxygen atoms in total. The molecule has 0 saturated carbocycles. The quantitative estimate of drug-likeness (QED) is 0.276. The summed E-state index contributed by atoms with van der Waals surface area (Å²) in [6.45, 7) is 19.6. The number of morpholine rings is 1. The molecule has 2 N–H and O–H groups in total. The summed E-state index contributed by atoms with van der Waals surface area (Å²) >= 11 is 0. The van der Waals surface area contributed by atoms with Gasteiger partial charge in [-0.25, -0.2) is 4.99 Å². The minimum atomic E-state index is 0. The molecule has 2 fully saturated rings. The summed E-state index contributed by atoms with van der Waals surface area (Å²) in [5, 5.41) is 6.94. The van der Waals surface area contributed by atoms with Crippen molar-refractivity contribution in [3.8, 4) is 0 Å². The SMILES string of the molecule is CCNC(=NCc1ccccc1CN1CCN(CC)CC1)NCC(C)N1CCOCC1.I. The maximum atomic E-state index is 5.47. The Kier molecular flexibility index (Phi) is 12.8. The fourth-order valence-electron chi connectivity index (χ4n) is 4.27. The van der Waals surface area contributed by atoms with Crippen LogP contribution in [0.4, 0.5) is 0 Å². The zero-order chi connectivity index (χ0) is 21.9. The van der Waals surface area contributed by atoms with E-state index in [0.717, 1.165) is 71.5 Å². The van der Waals surface area contributed by atoms with Gasteiger partial charge in [0.2, 0.25) is 0 Å². The largest absolute Gasteiger partial charge is 0.379 e. The van der Waals surface area contributed by atoms with E-state index in [1.54, 1.807) is 0 Å². The lowest BCUT2D eigenvalue weighted by Crippen LogP contribution is -2.49. The Balaban J connectivity index is 0.00000363. The molecule has 8 heteroatoms. The van der Waals surface area contributed by atoms with Gasteiger partial charge in [0.05, 0.1) is 19.8 Å². The molecule has 1 atom stereocenters. The van der Waals surface area contributed by atoms with Crippen molar-refractivity contribution in [3.05, 3.63) is 35.4 Å². The summed E-state index contributed by atoms with van der Waals surface area (Å²) in [5.41, 5.74) is 2.72. The van der Waals surface area contributed by atoms with Crippen LogP contribution in [0.25, 0.3) is 0 Å². The molecular formula is C24H43IN6O. The summed E-state index contributed by atoms with van der Waals surface area (Å²) in [6.07, 6.45) is 0. The van der Waals surface area contributed by atoms with E-state index in [0.29, 0.717) is 12.6 Å². The smallest absolute Gasteiger partial charge is 0.191 e. The zero-order valence-electron chi connectivity index (χ0n) is 20.2. The summed E-state index contributed by atoms with van der Waals surface area (Å²) in [4.78, 5) is 12.5. The molecule has 3 rings (SSSR count). The molecule has 0 aliphatic carbocycles. The predicted octanol–water partition coefficient (Wildman–Crippen LogP) is 2.22. The first-order chi connectivity index (χ1) is 15.2. The van der Waals surface area contributed by atoms with Crippen LogP contribution in [0.3, 0.4) is 0 Å². The first-order valence-electron chi connectivity index (χ1n) is 12.0. The molecule has 0 amide bonds. The van der Waals surface area contributed by atoms with Gasteiger partial charge in [0, 0.05) is 64.9 Å². The molecule has 0 spiro atoms. The summed E-state index contributed by atoms with van der Waals surface area (Å²) in [5.74, 6) is 0.897. The number of hydrogen-bond acceptors (Lipinski definition) is 5. The van der Waals surface area contributed by atoms with Crippen LogP contribution < -0.4 is 10.6 Å². The number of likely N-dealkylation sites (N-methyl/N-ethyl adjacent to an activating group) is 1. The second-order valence-corrected chi connectivity index (χ2v) is 8.55. The van der Waals surface area contributed by atoms with Gasteiger partial charge < -0.3 is 20.3 Å². The van der Waals surface area contributed by atoms with Gasteiger partial charge in [-0.3, -0.25) is 9.80 Å². The van der Waals surface area contributed by atoms with E-state index >= 15 is 0 Å². The van der Waals surface area contributed by atoms with E-state index in [1.807, 2.05) is 0 Å². The van der Waals surface area contributed by atoms with Gasteiger partial charge in [-0.1, -0.05) is 31.2 Å². The van der Waals surface area contributed by atoms with Crippen LogP contribution in [0.2, 0.25) is 0 Å². The van der Waals surface area contributed by atoms with Crippen molar-refractivity contribution >= 4 is 29.9 Å². The maximum absolute atomic E-state index is 5.47. The third-order valence-electron chi connectivity index (χ3n) is 6.41. The van der Waals surface area contributed by atoms with E-state index in [-0.39, 0.29) is 24.0 Å². The van der Waals surface area contributed by atoms with Gasteiger partial charge in [0.15, 0.2) is 5.96 Å². The van der Waals surface area contributed by atoms with E-state index in [1.165, 1.54) is 24.2 Å². The number of halogens is 1. The predicted molar refractivity (Wildman–Crippen MR) is 144 cm³/mol. The van der Waals surface area contributed by atoms with Gasteiger partial charge >= 0.3 is 0 Å². The summed E-state index contributed by atoms with van der Waals surface area (Å²) in [6, 6.07) is 9.23. The van der Waals surface area contributed by atoms with E-state index in [9.17, 15) is 0 Å². The number of rotatable bonds is 9. The second-order valence-electron chi connectivity index (χ2n) is 8.55. The monoisotopic (exact) mass is 558 g/mol. The van der Waals surface area contributed by atoms with Crippen LogP contribution in [0.1, 0.15) is 31.9 Å². The molecule has 0 bridgehead atoms. The Hall–Kier alpha value is -0.940. The zero-order valence-corrected chi connectivity index (χ0v) is 22.5. The minimum Gasteiger partial charge on any atom is -0.379 e. The minimum absolute atomic E-state index is 0. The van der Waals surface area contributed by atoms with Crippen molar-refractivity contribution in [2.75, 3.05) is 72.1 Å². The molecular weight excluding hydrogens is 515 g/mol. The van der Waals surface area contributed by atoms with Gasteiger partial charge in [-0.15, -0.1) is 24.0 Å². The van der Waals surface area contributed by atoms with Crippen molar-refractivity contribution in [3.63, 3.8) is 0 Å². The molecule has 1 aromatic rings. The third-order valence-corrected chi connectivity index (χ3v) is 6.41. The molecule has 2 heterocycles. The molecule has 182 valence electrons. The Bertz CT molecular complexity index is 674. The highest BCUT2D eigenvalue weighted by atomic mass is 127. The Morgan fingerprint density at radius 3 is 2.28 bits per heavy atom. The molecule has 0 aromatic heterocycles. The Labute approximate surface area is 212 Å². The number of nitrogens with one attached hydrogen (secondary N) is 2. The van der Waals surface area contributed by atoms with Crippen LogP contribution in [0.15, 0.2) is 29.3 Å². The standard InChI is InChI=1S/C24H42N6O.HI/c1-4-25-24(26-18-21(3)30-14-16-31-17-15-30)27-19-22-8-6-7-9-23(22)20-29-12-10-28(5-2)11-13-29;/h6-9,21H,4-5,10-20H2,1-3H3,(H2,25,26,27);1H. The van der Waals surface area contributed by atoms with Gasteiger partial charge in [-0.05, 0) is 31.5 Å². The highest BCUT2D eigenvalue weighted by molar-refractivity contribution is 14.0. The van der Waals surface area contributed by atoms with Crippen LogP contribution in [0.5, 0.6) is 0 Å². The highest BCUT2D eigenvalue weighted by Crippen LogP contribution is 2.14. The van der Waals surface area contributed by atoms with E-state index in [2.05, 4.69) is 70.4 Å². The molecule has 32 heavy (non-hydrogen) atoms. The van der Waals surface area contributed by atoms with Crippen molar-refractivity contribution < 1.29 is 4.74 Å². The number of nitrogens with zero attached hydrogens (tertiary/aromatic N) is 4. The molecule has 2 aliphatic heterocycles. The van der Waals surface area contributed by atoms with Crippen LogP contribution in [0, 0.1) is 0 Å². The summed E-state index contributed by atoms with van der Waals surface area (Å²) in [7, 11) is 0. The van der Waals surface area contributed by atoms with Gasteiger partial charge in [0.25, 0.3) is 0 Å². The third kappa shape index (κ3) is 8.78. The average Bonchev–Trinajstić information content (AvgIpc) is 2.82. The number of guanidine groups is 1. The van der Waals surface area contributed by atoms with Crippen molar-refractivity contribution in [1.29, 1.82) is 0 Å². The van der Waals surface area contributed by atoms with E-state index in [4.69, 9.17) is 9.73 Å². The number of piperazine rings is 1. The average molecular weight is 559 g/mol. The maximum Gasteiger partial charge on any atom is 0.191 e. The fourth-order valence-corrected chi connectivity index (χ4v) is 4.27. The highest BCUT2D eigenvalue weighted by Gasteiger charge is 2.18. The molecule has 2 aliphatic rings. The second kappa shape index (κ2) is 15.1. The van der Waals surface area contributed by atoms with Crippen molar-refractivity contribution in [1.82, 2.24) is 25.3 Å². The van der Waals surface area contributed by atoms with Gasteiger partial charge in [0.1, 0.15) is 0 Å².